The third-order valence-electron chi connectivity index (χ3n) is 2.27. The molecule has 1 aromatic rings. The van der Waals surface area contributed by atoms with Crippen LogP contribution in [0.3, 0.4) is 0 Å². The van der Waals surface area contributed by atoms with Gasteiger partial charge in [0.15, 0.2) is 10.8 Å². The second-order valence-corrected chi connectivity index (χ2v) is 4.59. The summed E-state index contributed by atoms with van der Waals surface area (Å²) < 4.78 is 0. The molecule has 1 rings (SSSR count). The van der Waals surface area contributed by atoms with Gasteiger partial charge in [-0.1, -0.05) is 24.9 Å². The highest BCUT2D eigenvalue weighted by atomic mass is 32.1. The minimum absolute atomic E-state index is 0.00527. The van der Waals surface area contributed by atoms with Crippen LogP contribution in [-0.2, 0) is 14.4 Å². The second kappa shape index (κ2) is 9.21. The topological polar surface area (TPSA) is 80.6 Å². The van der Waals surface area contributed by atoms with Crippen molar-refractivity contribution in [1.82, 2.24) is 4.98 Å². The molecule has 0 saturated heterocycles. The van der Waals surface area contributed by atoms with Crippen molar-refractivity contribution in [3.8, 4) is 0 Å². The van der Waals surface area contributed by atoms with Gasteiger partial charge in [-0.25, -0.2) is 4.98 Å². The average Bonchev–Trinajstić information content (AvgIpc) is 2.87. The van der Waals surface area contributed by atoms with Gasteiger partial charge >= 0.3 is 0 Å². The maximum atomic E-state index is 10.8. The number of carbonyl (C=O) groups excluding carboxylic acids is 2. The van der Waals surface area contributed by atoms with Gasteiger partial charge in [0.1, 0.15) is 12.3 Å². The molecule has 0 saturated carbocycles. The van der Waals surface area contributed by atoms with Gasteiger partial charge in [-0.2, -0.15) is 0 Å². The van der Waals surface area contributed by atoms with Crippen LogP contribution in [-0.4, -0.2) is 30.0 Å². The van der Waals surface area contributed by atoms with Crippen LogP contribution in [0, 0.1) is 0 Å². The van der Waals surface area contributed by atoms with Crippen molar-refractivity contribution >= 4 is 34.9 Å². The molecular weight excluding hydrogens is 266 g/mol. The maximum Gasteiger partial charge on any atom is 0.259 e. The predicted molar refractivity (Wildman–Crippen MR) is 74.1 cm³/mol. The fourth-order valence-corrected chi connectivity index (χ4v) is 1.98. The Hall–Kier alpha value is -1.76. The number of oxime groups is 1. The number of unbranched alkanes of at least 4 members (excludes halogenated alkanes) is 3. The molecule has 0 bridgehead atoms. The van der Waals surface area contributed by atoms with Crippen LogP contribution in [0.1, 0.15) is 38.3 Å². The standard InChI is InChI=1S/C12H16N3O3S/c1-2-3-4-5-6-18-15-10(7-16)11-8-19-12(14-11)13-9-17/h8-9H,2-6H2,1H3,(H,13,14,17). The first-order chi connectivity index (χ1) is 9.31. The fraction of sp³-hybridized carbons (Fsp3) is 0.500. The molecule has 19 heavy (non-hydrogen) atoms. The molecule has 1 aromatic heterocycles. The lowest BCUT2D eigenvalue weighted by Gasteiger charge is -1.99. The third kappa shape index (κ3) is 5.60. The van der Waals surface area contributed by atoms with Gasteiger partial charge in [0, 0.05) is 5.38 Å². The smallest absolute Gasteiger partial charge is 0.259 e. The first-order valence-electron chi connectivity index (χ1n) is 6.06. The zero-order chi connectivity index (χ0) is 13.9. The van der Waals surface area contributed by atoms with Crippen molar-refractivity contribution in [2.45, 2.75) is 32.6 Å². The van der Waals surface area contributed by atoms with Gasteiger partial charge in [-0.05, 0) is 12.8 Å². The lowest BCUT2D eigenvalue weighted by atomic mass is 10.2. The summed E-state index contributed by atoms with van der Waals surface area (Å²) in [6, 6.07) is 0. The number of amides is 1. The normalized spacial score (nSPS) is 11.1. The van der Waals surface area contributed by atoms with E-state index in [2.05, 4.69) is 22.4 Å². The molecule has 1 N–H and O–H groups in total. The third-order valence-corrected chi connectivity index (χ3v) is 3.04. The Morgan fingerprint density at radius 3 is 3.11 bits per heavy atom. The maximum absolute atomic E-state index is 10.8. The highest BCUT2D eigenvalue weighted by Gasteiger charge is 2.09. The zero-order valence-electron chi connectivity index (χ0n) is 10.7. The number of thiazole rings is 1. The van der Waals surface area contributed by atoms with Gasteiger partial charge in [-0.15, -0.1) is 11.3 Å². The van der Waals surface area contributed by atoms with E-state index in [-0.39, 0.29) is 5.71 Å². The molecule has 7 heteroatoms. The van der Waals surface area contributed by atoms with Crippen molar-refractivity contribution in [3.63, 3.8) is 0 Å². The van der Waals surface area contributed by atoms with E-state index < -0.39 is 0 Å². The largest absolute Gasteiger partial charge is 0.395 e. The lowest BCUT2D eigenvalue weighted by molar-refractivity contribution is -0.105. The number of hydrogen-bond donors (Lipinski definition) is 1. The summed E-state index contributed by atoms with van der Waals surface area (Å²) in [5, 5.41) is 8.11. The molecule has 6 nitrogen and oxygen atoms in total. The van der Waals surface area contributed by atoms with Gasteiger partial charge in [0.05, 0.1) is 0 Å². The SMILES string of the molecule is CCCCCCON=C([C]=O)c1csc(NC=O)n1. The Morgan fingerprint density at radius 1 is 1.58 bits per heavy atom. The Balaban J connectivity index is 2.46. The van der Waals surface area contributed by atoms with E-state index in [1.54, 1.807) is 11.7 Å². The van der Waals surface area contributed by atoms with E-state index in [1.165, 1.54) is 11.3 Å². The van der Waals surface area contributed by atoms with Crippen LogP contribution in [0.25, 0.3) is 0 Å². The van der Waals surface area contributed by atoms with E-state index >= 15 is 0 Å². The number of nitrogens with zero attached hydrogens (tertiary/aromatic N) is 2. The van der Waals surface area contributed by atoms with Crippen molar-refractivity contribution in [3.05, 3.63) is 11.1 Å². The summed E-state index contributed by atoms with van der Waals surface area (Å²) in [7, 11) is 0. The summed E-state index contributed by atoms with van der Waals surface area (Å²) in [5.41, 5.74) is 0.351. The van der Waals surface area contributed by atoms with Gasteiger partial charge in [-0.3, -0.25) is 9.59 Å². The van der Waals surface area contributed by atoms with Gasteiger partial charge < -0.3 is 10.2 Å². The molecule has 0 aromatic carbocycles. The number of aromatic nitrogens is 1. The molecule has 0 fully saturated rings. The van der Waals surface area contributed by atoms with Gasteiger partial charge in [0.25, 0.3) is 6.29 Å². The monoisotopic (exact) mass is 282 g/mol. The molecule has 0 aliphatic rings. The van der Waals surface area contributed by atoms with Crippen LogP contribution in [0.5, 0.6) is 0 Å². The van der Waals surface area contributed by atoms with Gasteiger partial charge in [0.2, 0.25) is 6.41 Å². The van der Waals surface area contributed by atoms with Crippen LogP contribution in [0.15, 0.2) is 10.5 Å². The molecule has 103 valence electrons. The summed E-state index contributed by atoms with van der Waals surface area (Å²) >= 11 is 1.20. The summed E-state index contributed by atoms with van der Waals surface area (Å²) in [5.74, 6) is 0. The van der Waals surface area contributed by atoms with E-state index in [1.807, 2.05) is 0 Å². The van der Waals surface area contributed by atoms with Crippen molar-refractivity contribution in [2.24, 2.45) is 5.16 Å². The summed E-state index contributed by atoms with van der Waals surface area (Å²) in [6.45, 7) is 2.60. The quantitative estimate of drug-likeness (QED) is 0.308. The van der Waals surface area contributed by atoms with Crippen LogP contribution in [0.4, 0.5) is 5.13 Å². The molecule has 0 aliphatic carbocycles. The Kier molecular flexibility index (Phi) is 7.41. The lowest BCUT2D eigenvalue weighted by Crippen LogP contribution is -2.05. The first-order valence-corrected chi connectivity index (χ1v) is 6.94. The number of rotatable bonds is 10. The minimum Gasteiger partial charge on any atom is -0.395 e. The molecule has 0 aliphatic heterocycles. The first kappa shape index (κ1) is 15.3. The van der Waals surface area contributed by atoms with Crippen molar-refractivity contribution in [1.29, 1.82) is 0 Å². The molecule has 1 heterocycles. The fourth-order valence-electron chi connectivity index (χ4n) is 1.32. The van der Waals surface area contributed by atoms with E-state index in [0.717, 1.165) is 25.7 Å². The number of carbonyl (C=O) groups is 1. The molecule has 0 unspecified atom stereocenters. The number of anilines is 1. The van der Waals surface area contributed by atoms with E-state index in [9.17, 15) is 9.59 Å². The molecule has 1 radical (unpaired) electrons. The summed E-state index contributed by atoms with van der Waals surface area (Å²) in [4.78, 5) is 30.1. The highest BCUT2D eigenvalue weighted by Crippen LogP contribution is 2.14. The number of nitrogens with one attached hydrogen (secondary N) is 1. The summed E-state index contributed by atoms with van der Waals surface area (Å²) in [6.07, 6.45) is 6.50. The molecule has 0 spiro atoms. The number of hydrogen-bond acceptors (Lipinski definition) is 6. The Labute approximate surface area is 115 Å². The van der Waals surface area contributed by atoms with Crippen molar-refractivity contribution in [2.75, 3.05) is 11.9 Å². The Bertz CT molecular complexity index is 432. The molecule has 1 amide bonds. The zero-order valence-corrected chi connectivity index (χ0v) is 11.5. The molecular formula is C12H16N3O3S. The highest BCUT2D eigenvalue weighted by molar-refractivity contribution is 7.14. The van der Waals surface area contributed by atoms with E-state index in [0.29, 0.717) is 23.8 Å². The minimum atomic E-state index is 0.00527. The van der Waals surface area contributed by atoms with Crippen LogP contribution in [0.2, 0.25) is 0 Å². The van der Waals surface area contributed by atoms with Crippen LogP contribution < -0.4 is 5.32 Å². The van der Waals surface area contributed by atoms with Crippen molar-refractivity contribution < 1.29 is 14.4 Å². The second-order valence-electron chi connectivity index (χ2n) is 3.74. The van der Waals surface area contributed by atoms with Crippen LogP contribution >= 0.6 is 11.3 Å². The van der Waals surface area contributed by atoms with E-state index in [4.69, 9.17) is 4.84 Å². The average molecular weight is 282 g/mol. The predicted octanol–water partition coefficient (Wildman–Crippen LogP) is 2.12. The Morgan fingerprint density at radius 2 is 2.42 bits per heavy atom. The molecule has 0 atom stereocenters.